The molecule has 3 rings (SSSR count). The molecule has 2 N–H and O–H groups in total. The highest BCUT2D eigenvalue weighted by Crippen LogP contribution is 2.30. The summed E-state index contributed by atoms with van der Waals surface area (Å²) < 4.78 is 0. The number of aliphatic imine (C=N–C) groups is 1. The summed E-state index contributed by atoms with van der Waals surface area (Å²) >= 11 is 0. The highest BCUT2D eigenvalue weighted by molar-refractivity contribution is 5.86. The van der Waals surface area contributed by atoms with Gasteiger partial charge in [-0.2, -0.15) is 0 Å². The molecule has 0 aromatic heterocycles. The van der Waals surface area contributed by atoms with Crippen molar-refractivity contribution in [2.24, 2.45) is 4.99 Å². The molecular formula is C26H31N3. The average Bonchev–Trinajstić information content (AvgIpc) is 2.71. The molecule has 3 heteroatoms. The zero-order valence-corrected chi connectivity index (χ0v) is 18.1. The normalized spacial score (nSPS) is 16.1. The Bertz CT molecular complexity index is 989. The van der Waals surface area contributed by atoms with Crippen LogP contribution >= 0.6 is 0 Å². The maximum absolute atomic E-state index is 4.81. The second kappa shape index (κ2) is 9.42. The summed E-state index contributed by atoms with van der Waals surface area (Å²) in [7, 11) is 0. The number of aryl methyl sites for hydroxylation is 2. The van der Waals surface area contributed by atoms with Crippen LogP contribution in [0.1, 0.15) is 49.4 Å². The third-order valence-corrected chi connectivity index (χ3v) is 5.09. The van der Waals surface area contributed by atoms with E-state index >= 15 is 0 Å². The van der Waals surface area contributed by atoms with Crippen LogP contribution in [0, 0.1) is 13.8 Å². The standard InChI is InChI=1S/C26H31N3/c1-6-11-23(21-14-9-7-12-19(21)4)29-25-17-27-24(16-28-25)26(18(2)3)22-15-10-8-13-20(22)5/h7-17,25,28-29H,6H2,1-5H3/b23-11-. The highest BCUT2D eigenvalue weighted by atomic mass is 15.1. The SMILES string of the molecule is CC/C=C(\NC1C=NC(C(=C(C)C)c2ccccc2C)=CN1)c1ccccc1C. The third kappa shape index (κ3) is 4.86. The largest absolute Gasteiger partial charge is 0.365 e. The van der Waals surface area contributed by atoms with E-state index in [1.165, 1.54) is 33.4 Å². The van der Waals surface area contributed by atoms with E-state index in [0.29, 0.717) is 0 Å². The molecule has 1 atom stereocenters. The fourth-order valence-corrected chi connectivity index (χ4v) is 3.63. The molecule has 1 heterocycles. The van der Waals surface area contributed by atoms with Crippen molar-refractivity contribution >= 4 is 17.5 Å². The second-order valence-corrected chi connectivity index (χ2v) is 7.63. The highest BCUT2D eigenvalue weighted by Gasteiger charge is 2.17. The van der Waals surface area contributed by atoms with E-state index in [1.54, 1.807) is 0 Å². The molecule has 0 saturated heterocycles. The Morgan fingerprint density at radius 3 is 2.14 bits per heavy atom. The van der Waals surface area contributed by atoms with E-state index in [1.807, 2.05) is 12.4 Å². The summed E-state index contributed by atoms with van der Waals surface area (Å²) in [5.41, 5.74) is 9.51. The van der Waals surface area contributed by atoms with Crippen LogP contribution in [-0.4, -0.2) is 12.4 Å². The number of allylic oxidation sites excluding steroid dienone is 3. The van der Waals surface area contributed by atoms with Gasteiger partial charge < -0.3 is 10.6 Å². The van der Waals surface area contributed by atoms with Crippen molar-refractivity contribution in [2.45, 2.75) is 47.2 Å². The molecule has 0 radical (unpaired) electrons. The summed E-state index contributed by atoms with van der Waals surface area (Å²) in [5, 5.41) is 7.07. The molecule has 150 valence electrons. The molecule has 1 unspecified atom stereocenters. The molecule has 29 heavy (non-hydrogen) atoms. The van der Waals surface area contributed by atoms with E-state index in [-0.39, 0.29) is 6.17 Å². The number of benzene rings is 2. The summed E-state index contributed by atoms with van der Waals surface area (Å²) in [6, 6.07) is 16.9. The van der Waals surface area contributed by atoms with E-state index in [9.17, 15) is 0 Å². The van der Waals surface area contributed by atoms with Crippen LogP contribution in [0.3, 0.4) is 0 Å². The van der Waals surface area contributed by atoms with Gasteiger partial charge in [0.2, 0.25) is 0 Å². The smallest absolute Gasteiger partial charge is 0.133 e. The maximum atomic E-state index is 4.81. The first-order valence-electron chi connectivity index (χ1n) is 10.3. The molecule has 0 saturated carbocycles. The predicted octanol–water partition coefficient (Wildman–Crippen LogP) is 5.98. The van der Waals surface area contributed by atoms with Gasteiger partial charge in [-0.15, -0.1) is 0 Å². The third-order valence-electron chi connectivity index (χ3n) is 5.09. The zero-order chi connectivity index (χ0) is 20.8. The number of nitrogens with one attached hydrogen (secondary N) is 2. The molecule has 1 aliphatic heterocycles. The lowest BCUT2D eigenvalue weighted by atomic mass is 9.94. The van der Waals surface area contributed by atoms with Crippen molar-refractivity contribution < 1.29 is 0 Å². The molecule has 1 aliphatic rings. The lowest BCUT2D eigenvalue weighted by Gasteiger charge is -2.24. The number of hydrogen-bond acceptors (Lipinski definition) is 3. The van der Waals surface area contributed by atoms with E-state index in [4.69, 9.17) is 4.99 Å². The second-order valence-electron chi connectivity index (χ2n) is 7.63. The minimum Gasteiger partial charge on any atom is -0.365 e. The quantitative estimate of drug-likeness (QED) is 0.642. The van der Waals surface area contributed by atoms with Crippen molar-refractivity contribution in [2.75, 3.05) is 0 Å². The average molecular weight is 386 g/mol. The Morgan fingerprint density at radius 1 is 1.00 bits per heavy atom. The Kier molecular flexibility index (Phi) is 6.71. The fourth-order valence-electron chi connectivity index (χ4n) is 3.63. The first-order chi connectivity index (χ1) is 14.0. The topological polar surface area (TPSA) is 36.4 Å². The van der Waals surface area contributed by atoms with Gasteiger partial charge in [0.05, 0.1) is 5.70 Å². The lowest BCUT2D eigenvalue weighted by molar-refractivity contribution is 0.680. The Morgan fingerprint density at radius 2 is 1.62 bits per heavy atom. The van der Waals surface area contributed by atoms with Crippen LogP contribution in [0.5, 0.6) is 0 Å². The molecule has 2 aromatic carbocycles. The fraction of sp³-hybridized carbons (Fsp3) is 0.269. The summed E-state index contributed by atoms with van der Waals surface area (Å²) in [5.74, 6) is 0. The van der Waals surface area contributed by atoms with Crippen LogP contribution in [0.4, 0.5) is 0 Å². The van der Waals surface area contributed by atoms with Crippen molar-refractivity contribution in [3.8, 4) is 0 Å². The van der Waals surface area contributed by atoms with Gasteiger partial charge in [-0.05, 0) is 50.8 Å². The molecule has 0 fully saturated rings. The van der Waals surface area contributed by atoms with Gasteiger partial charge in [-0.25, -0.2) is 0 Å². The van der Waals surface area contributed by atoms with Crippen molar-refractivity contribution in [1.82, 2.24) is 10.6 Å². The van der Waals surface area contributed by atoms with Gasteiger partial charge in [0.15, 0.2) is 0 Å². The minimum absolute atomic E-state index is 0.0496. The first kappa shape index (κ1) is 20.7. The van der Waals surface area contributed by atoms with Crippen LogP contribution in [0.25, 0.3) is 11.3 Å². The zero-order valence-electron chi connectivity index (χ0n) is 18.1. The summed E-state index contributed by atoms with van der Waals surface area (Å²) in [4.78, 5) is 4.81. The van der Waals surface area contributed by atoms with Gasteiger partial charge >= 0.3 is 0 Å². The summed E-state index contributed by atoms with van der Waals surface area (Å²) in [6.07, 6.45) is 7.13. The molecule has 2 aromatic rings. The van der Waals surface area contributed by atoms with Gasteiger partial charge in [0, 0.05) is 29.2 Å². The van der Waals surface area contributed by atoms with Crippen LogP contribution in [-0.2, 0) is 0 Å². The summed E-state index contributed by atoms with van der Waals surface area (Å²) in [6.45, 7) is 10.7. The predicted molar refractivity (Wildman–Crippen MR) is 126 cm³/mol. The molecule has 0 amide bonds. The van der Waals surface area contributed by atoms with Gasteiger partial charge in [-0.1, -0.05) is 67.1 Å². The maximum Gasteiger partial charge on any atom is 0.133 e. The lowest BCUT2D eigenvalue weighted by Crippen LogP contribution is -2.41. The molecule has 3 nitrogen and oxygen atoms in total. The molecule has 0 spiro atoms. The number of hydrogen-bond donors (Lipinski definition) is 2. The Labute approximate surface area is 175 Å². The number of rotatable bonds is 6. The van der Waals surface area contributed by atoms with Crippen LogP contribution in [0.2, 0.25) is 0 Å². The van der Waals surface area contributed by atoms with Crippen molar-refractivity contribution in [1.29, 1.82) is 0 Å². The van der Waals surface area contributed by atoms with Gasteiger partial charge in [-0.3, -0.25) is 4.99 Å². The first-order valence-corrected chi connectivity index (χ1v) is 10.3. The van der Waals surface area contributed by atoms with Crippen molar-refractivity contribution in [3.63, 3.8) is 0 Å². The molecular weight excluding hydrogens is 354 g/mol. The van der Waals surface area contributed by atoms with Crippen molar-refractivity contribution in [3.05, 3.63) is 94.3 Å². The minimum atomic E-state index is -0.0496. The monoisotopic (exact) mass is 385 g/mol. The van der Waals surface area contributed by atoms with Gasteiger partial charge in [0.1, 0.15) is 6.17 Å². The molecule has 0 aliphatic carbocycles. The van der Waals surface area contributed by atoms with E-state index < -0.39 is 0 Å². The van der Waals surface area contributed by atoms with E-state index in [0.717, 1.165) is 17.8 Å². The van der Waals surface area contributed by atoms with Crippen LogP contribution in [0.15, 0.2) is 77.1 Å². The van der Waals surface area contributed by atoms with Crippen LogP contribution < -0.4 is 10.6 Å². The Balaban J connectivity index is 1.81. The number of nitrogens with zero attached hydrogens (tertiary/aromatic N) is 1. The Hall–Kier alpha value is -3.07. The molecule has 0 bridgehead atoms. The van der Waals surface area contributed by atoms with E-state index in [2.05, 4.69) is 99.9 Å². The van der Waals surface area contributed by atoms with Gasteiger partial charge in [0.25, 0.3) is 0 Å².